The number of anilines is 1. The van der Waals surface area contributed by atoms with Crippen LogP contribution in [-0.2, 0) is 20.0 Å². The predicted octanol–water partition coefficient (Wildman–Crippen LogP) is 0.425. The van der Waals surface area contributed by atoms with E-state index in [4.69, 9.17) is 10.5 Å². The highest BCUT2D eigenvalue weighted by molar-refractivity contribution is 7.93. The van der Waals surface area contributed by atoms with Crippen molar-refractivity contribution in [2.45, 2.75) is 24.8 Å². The molecule has 1 atom stereocenters. The molecule has 0 aliphatic carbocycles. The summed E-state index contributed by atoms with van der Waals surface area (Å²) in [6, 6.07) is 3.66. The molecule has 0 bridgehead atoms. The summed E-state index contributed by atoms with van der Waals surface area (Å²) >= 11 is 0. The maximum absolute atomic E-state index is 12.7. The van der Waals surface area contributed by atoms with Crippen LogP contribution in [0.2, 0.25) is 0 Å². The predicted molar refractivity (Wildman–Crippen MR) is 89.5 cm³/mol. The van der Waals surface area contributed by atoms with Gasteiger partial charge in [0.05, 0.1) is 18.6 Å². The van der Waals surface area contributed by atoms with Crippen LogP contribution in [-0.4, -0.2) is 53.6 Å². The zero-order valence-electron chi connectivity index (χ0n) is 13.6. The van der Waals surface area contributed by atoms with Gasteiger partial charge in [0, 0.05) is 25.7 Å². The van der Waals surface area contributed by atoms with Gasteiger partial charge >= 0.3 is 0 Å². The fourth-order valence-electron chi connectivity index (χ4n) is 1.72. The number of nitrogens with two attached hydrogens (primary N) is 1. The van der Waals surface area contributed by atoms with Gasteiger partial charge in [-0.2, -0.15) is 4.31 Å². The van der Waals surface area contributed by atoms with Crippen LogP contribution in [0.5, 0.6) is 5.75 Å². The van der Waals surface area contributed by atoms with Crippen molar-refractivity contribution in [3.63, 3.8) is 0 Å². The first-order valence-corrected chi connectivity index (χ1v) is 10.0. The molecule has 0 fully saturated rings. The minimum atomic E-state index is -3.92. The van der Waals surface area contributed by atoms with Crippen molar-refractivity contribution >= 4 is 25.7 Å². The topological polar surface area (TPSA) is 119 Å². The van der Waals surface area contributed by atoms with Gasteiger partial charge in [0.1, 0.15) is 10.6 Å². The summed E-state index contributed by atoms with van der Waals surface area (Å²) in [6.07, 6.45) is 0. The molecule has 1 aromatic carbocycles. The summed E-state index contributed by atoms with van der Waals surface area (Å²) in [5.41, 5.74) is 5.46. The van der Waals surface area contributed by atoms with Gasteiger partial charge in [-0.25, -0.2) is 16.8 Å². The van der Waals surface area contributed by atoms with Gasteiger partial charge in [-0.05, 0) is 26.0 Å². The lowest BCUT2D eigenvalue weighted by Gasteiger charge is -2.24. The molecule has 1 aromatic rings. The molecule has 8 nitrogen and oxygen atoms in total. The van der Waals surface area contributed by atoms with Crippen LogP contribution in [0.25, 0.3) is 0 Å². The molecular formula is C13H23N3O5S2. The van der Waals surface area contributed by atoms with Gasteiger partial charge in [0.25, 0.3) is 0 Å². The minimum absolute atomic E-state index is 0.0535. The van der Waals surface area contributed by atoms with E-state index in [9.17, 15) is 16.8 Å². The third kappa shape index (κ3) is 4.56. The van der Waals surface area contributed by atoms with Gasteiger partial charge in [-0.15, -0.1) is 0 Å². The molecule has 1 unspecified atom stereocenters. The van der Waals surface area contributed by atoms with Crippen molar-refractivity contribution in [2.75, 3.05) is 31.2 Å². The average Bonchev–Trinajstić information content (AvgIpc) is 2.52. The van der Waals surface area contributed by atoms with E-state index in [2.05, 4.69) is 4.72 Å². The van der Waals surface area contributed by atoms with Crippen LogP contribution in [0.15, 0.2) is 23.1 Å². The average molecular weight is 365 g/mol. The molecule has 23 heavy (non-hydrogen) atoms. The molecule has 0 amide bonds. The molecule has 0 spiro atoms. The van der Waals surface area contributed by atoms with E-state index >= 15 is 0 Å². The van der Waals surface area contributed by atoms with E-state index < -0.39 is 26.1 Å². The third-order valence-corrected chi connectivity index (χ3v) is 6.77. The van der Waals surface area contributed by atoms with E-state index in [1.54, 1.807) is 6.92 Å². The van der Waals surface area contributed by atoms with E-state index in [1.807, 2.05) is 0 Å². The van der Waals surface area contributed by atoms with Crippen molar-refractivity contribution in [1.82, 2.24) is 4.31 Å². The lowest BCUT2D eigenvalue weighted by molar-refractivity contribution is 0.394. The van der Waals surface area contributed by atoms with Gasteiger partial charge < -0.3 is 10.5 Å². The Balaban J connectivity index is 3.46. The quantitative estimate of drug-likeness (QED) is 0.689. The number of nitrogens with one attached hydrogen (secondary N) is 1. The van der Waals surface area contributed by atoms with Crippen LogP contribution in [0.1, 0.15) is 13.8 Å². The van der Waals surface area contributed by atoms with E-state index in [1.165, 1.54) is 39.3 Å². The largest absolute Gasteiger partial charge is 0.497 e. The van der Waals surface area contributed by atoms with Crippen LogP contribution >= 0.6 is 0 Å². The Labute approximate surface area is 137 Å². The second-order valence-corrected chi connectivity index (χ2v) is 8.95. The highest BCUT2D eigenvalue weighted by atomic mass is 32.2. The third-order valence-electron chi connectivity index (χ3n) is 3.45. The number of hydrogen-bond donors (Lipinski definition) is 2. The Morgan fingerprint density at radius 3 is 2.39 bits per heavy atom. The van der Waals surface area contributed by atoms with Gasteiger partial charge in [-0.1, -0.05) is 0 Å². The van der Waals surface area contributed by atoms with E-state index in [0.29, 0.717) is 5.75 Å². The number of nitrogens with zero attached hydrogens (tertiary/aromatic N) is 1. The molecule has 0 saturated carbocycles. The smallest absolute Gasteiger partial charge is 0.245 e. The second-order valence-electron chi connectivity index (χ2n) is 4.97. The summed E-state index contributed by atoms with van der Waals surface area (Å²) < 4.78 is 57.5. The molecule has 0 aromatic heterocycles. The molecule has 1 rings (SSSR count). The lowest BCUT2D eigenvalue weighted by Crippen LogP contribution is -2.40. The zero-order chi connectivity index (χ0) is 17.8. The molecule has 132 valence electrons. The fourth-order valence-corrected chi connectivity index (χ4v) is 3.93. The first-order valence-electron chi connectivity index (χ1n) is 6.95. The van der Waals surface area contributed by atoms with Crippen LogP contribution in [0, 0.1) is 0 Å². The molecule has 10 heteroatoms. The van der Waals surface area contributed by atoms with E-state index in [0.717, 1.165) is 4.31 Å². The Morgan fingerprint density at radius 2 is 1.91 bits per heavy atom. The van der Waals surface area contributed by atoms with Crippen LogP contribution < -0.4 is 15.2 Å². The number of methoxy groups -OCH3 is 1. The molecule has 0 radical (unpaired) electrons. The van der Waals surface area contributed by atoms with Crippen molar-refractivity contribution in [3.8, 4) is 5.75 Å². The normalized spacial score (nSPS) is 13.8. The summed E-state index contributed by atoms with van der Waals surface area (Å²) in [7, 11) is -4.76. The SMILES string of the molecule is CCS(=O)(=O)Nc1cc(OC)ccc1S(=O)(=O)N(C)C(C)CN. The number of likely N-dealkylation sites (N-methyl/N-ethyl adjacent to an activating group) is 1. The molecule has 0 aliphatic rings. The Hall–Kier alpha value is -1.36. The van der Waals surface area contributed by atoms with Crippen molar-refractivity contribution in [1.29, 1.82) is 0 Å². The molecule has 0 heterocycles. The Bertz CT molecular complexity index is 747. The summed E-state index contributed by atoms with van der Waals surface area (Å²) in [4.78, 5) is -0.155. The van der Waals surface area contributed by atoms with Gasteiger partial charge in [0.15, 0.2) is 0 Å². The zero-order valence-corrected chi connectivity index (χ0v) is 15.2. The number of sulfonamides is 2. The molecular weight excluding hydrogens is 342 g/mol. The van der Waals surface area contributed by atoms with Gasteiger partial charge in [0.2, 0.25) is 20.0 Å². The lowest BCUT2D eigenvalue weighted by atomic mass is 10.3. The molecule has 0 saturated heterocycles. The molecule has 3 N–H and O–H groups in total. The summed E-state index contributed by atoms with van der Waals surface area (Å²) in [5.74, 6) is 0.158. The van der Waals surface area contributed by atoms with Crippen molar-refractivity contribution in [3.05, 3.63) is 18.2 Å². The monoisotopic (exact) mass is 365 g/mol. The van der Waals surface area contributed by atoms with Crippen molar-refractivity contribution in [2.24, 2.45) is 5.73 Å². The Morgan fingerprint density at radius 1 is 1.30 bits per heavy atom. The van der Waals surface area contributed by atoms with Crippen molar-refractivity contribution < 1.29 is 21.6 Å². The summed E-state index contributed by atoms with van der Waals surface area (Å²) in [5, 5.41) is 0. The number of benzene rings is 1. The van der Waals surface area contributed by atoms with E-state index in [-0.39, 0.29) is 22.9 Å². The Kier molecular flexibility index (Phi) is 6.40. The maximum atomic E-state index is 12.7. The highest BCUT2D eigenvalue weighted by Gasteiger charge is 2.28. The maximum Gasteiger partial charge on any atom is 0.245 e. The standard InChI is InChI=1S/C13H23N3O5S2/c1-5-22(17,18)15-12-8-11(21-4)6-7-13(12)23(19,20)16(3)10(2)9-14/h6-8,10,15H,5,9,14H2,1-4H3. The molecule has 0 aliphatic heterocycles. The summed E-state index contributed by atoms with van der Waals surface area (Å²) in [6.45, 7) is 3.26. The first-order chi connectivity index (χ1) is 10.6. The number of rotatable bonds is 8. The number of ether oxygens (including phenoxy) is 1. The highest BCUT2D eigenvalue weighted by Crippen LogP contribution is 2.30. The minimum Gasteiger partial charge on any atom is -0.497 e. The van der Waals surface area contributed by atoms with Crippen LogP contribution in [0.4, 0.5) is 5.69 Å². The first kappa shape index (κ1) is 19.7. The van der Waals surface area contributed by atoms with Crippen LogP contribution in [0.3, 0.4) is 0 Å². The van der Waals surface area contributed by atoms with Gasteiger partial charge in [-0.3, -0.25) is 4.72 Å². The number of hydrogen-bond acceptors (Lipinski definition) is 6. The second kappa shape index (κ2) is 7.47. The fraction of sp³-hybridized carbons (Fsp3) is 0.538.